The fourth-order valence-electron chi connectivity index (χ4n) is 4.25. The second kappa shape index (κ2) is 13.8. The van der Waals surface area contributed by atoms with Gasteiger partial charge in [0.25, 0.3) is 15.9 Å². The van der Waals surface area contributed by atoms with Crippen LogP contribution < -0.4 is 20.1 Å². The van der Waals surface area contributed by atoms with E-state index in [1.54, 1.807) is 24.3 Å². The van der Waals surface area contributed by atoms with Gasteiger partial charge in [0.2, 0.25) is 5.91 Å². The number of hydrogen-bond acceptors (Lipinski definition) is 6. The number of benzene rings is 3. The maximum Gasteiger partial charge on any atom is 0.261 e. The molecule has 1 saturated heterocycles. The SMILES string of the molecule is O=C(CNC(=O)c1ccc(S(=O)(=O)Nc2ccc(Oc3ccccc3)cc2)cc1)NCCCN1CCCCC1. The Morgan fingerprint density at radius 1 is 0.795 bits per heavy atom. The minimum Gasteiger partial charge on any atom is -0.457 e. The molecule has 0 radical (unpaired) electrons. The lowest BCUT2D eigenvalue weighted by Gasteiger charge is -2.26. The van der Waals surface area contributed by atoms with Crippen LogP contribution in [0.4, 0.5) is 5.69 Å². The summed E-state index contributed by atoms with van der Waals surface area (Å²) in [6, 6.07) is 21.4. The van der Waals surface area contributed by atoms with Crippen LogP contribution in [0.15, 0.2) is 83.8 Å². The van der Waals surface area contributed by atoms with Crippen molar-refractivity contribution in [3.8, 4) is 11.5 Å². The van der Waals surface area contributed by atoms with Gasteiger partial charge in [-0.05, 0) is 99.6 Å². The summed E-state index contributed by atoms with van der Waals surface area (Å²) in [7, 11) is -3.86. The number of carbonyl (C=O) groups is 2. The summed E-state index contributed by atoms with van der Waals surface area (Å²) >= 11 is 0. The summed E-state index contributed by atoms with van der Waals surface area (Å²) in [6.07, 6.45) is 4.64. The summed E-state index contributed by atoms with van der Waals surface area (Å²) in [6.45, 7) is 3.63. The van der Waals surface area contributed by atoms with E-state index < -0.39 is 15.9 Å². The molecule has 4 rings (SSSR count). The zero-order valence-electron chi connectivity index (χ0n) is 21.8. The zero-order valence-corrected chi connectivity index (χ0v) is 22.6. The molecule has 1 aliphatic heterocycles. The molecule has 9 nitrogen and oxygen atoms in total. The van der Waals surface area contributed by atoms with Crippen LogP contribution >= 0.6 is 0 Å². The summed E-state index contributed by atoms with van der Waals surface area (Å²) in [4.78, 5) is 26.9. The maximum absolute atomic E-state index is 12.8. The van der Waals surface area contributed by atoms with Gasteiger partial charge in [-0.15, -0.1) is 0 Å². The van der Waals surface area contributed by atoms with E-state index in [1.807, 2.05) is 30.3 Å². The minimum absolute atomic E-state index is 0.00936. The van der Waals surface area contributed by atoms with E-state index in [2.05, 4.69) is 20.3 Å². The molecule has 3 N–H and O–H groups in total. The normalized spacial score (nSPS) is 13.8. The van der Waals surface area contributed by atoms with Gasteiger partial charge in [-0.1, -0.05) is 24.6 Å². The molecule has 1 fully saturated rings. The van der Waals surface area contributed by atoms with Gasteiger partial charge >= 0.3 is 0 Å². The van der Waals surface area contributed by atoms with E-state index in [-0.39, 0.29) is 22.9 Å². The number of anilines is 1. The standard InChI is InChI=1S/C29H34N4O5S/c34-28(30-18-7-21-33-19-5-2-6-20-33)22-31-29(35)23-10-16-27(17-11-23)39(36,37)32-24-12-14-26(15-13-24)38-25-8-3-1-4-9-25/h1,3-4,8-17,32H,2,5-7,18-22H2,(H,30,34)(H,31,35). The van der Waals surface area contributed by atoms with Crippen molar-refractivity contribution in [1.29, 1.82) is 0 Å². The van der Waals surface area contributed by atoms with E-state index in [0.717, 1.165) is 26.1 Å². The van der Waals surface area contributed by atoms with Crippen LogP contribution in [0.25, 0.3) is 0 Å². The fraction of sp³-hybridized carbons (Fsp3) is 0.310. The minimum atomic E-state index is -3.86. The first-order valence-corrected chi connectivity index (χ1v) is 14.6. The Balaban J connectivity index is 1.21. The summed E-state index contributed by atoms with van der Waals surface area (Å²) < 4.78 is 33.8. The largest absolute Gasteiger partial charge is 0.457 e. The van der Waals surface area contributed by atoms with Gasteiger partial charge in [-0.3, -0.25) is 14.3 Å². The monoisotopic (exact) mass is 550 g/mol. The Hall–Kier alpha value is -3.89. The van der Waals surface area contributed by atoms with E-state index in [0.29, 0.717) is 23.7 Å². The number of nitrogens with zero attached hydrogens (tertiary/aromatic N) is 1. The quantitative estimate of drug-likeness (QED) is 0.294. The van der Waals surface area contributed by atoms with Crippen LogP contribution in [0.5, 0.6) is 11.5 Å². The molecule has 39 heavy (non-hydrogen) atoms. The van der Waals surface area contributed by atoms with Crippen molar-refractivity contribution in [3.63, 3.8) is 0 Å². The van der Waals surface area contributed by atoms with Crippen molar-refractivity contribution in [2.45, 2.75) is 30.6 Å². The first kappa shape index (κ1) is 28.1. The van der Waals surface area contributed by atoms with Gasteiger partial charge < -0.3 is 20.3 Å². The van der Waals surface area contributed by atoms with Crippen LogP contribution in [0.2, 0.25) is 0 Å². The van der Waals surface area contributed by atoms with Crippen molar-refractivity contribution in [1.82, 2.24) is 15.5 Å². The number of carbonyl (C=O) groups excluding carboxylic acids is 2. The molecule has 2 amide bonds. The number of hydrogen-bond donors (Lipinski definition) is 3. The topological polar surface area (TPSA) is 117 Å². The van der Waals surface area contributed by atoms with Gasteiger partial charge in [-0.25, -0.2) is 8.42 Å². The second-order valence-corrected chi connectivity index (χ2v) is 11.0. The molecule has 10 heteroatoms. The summed E-state index contributed by atoms with van der Waals surface area (Å²) in [5.41, 5.74) is 0.633. The third-order valence-electron chi connectivity index (χ3n) is 6.34. The molecule has 1 aliphatic rings. The summed E-state index contributed by atoms with van der Waals surface area (Å²) in [5, 5.41) is 5.39. The molecule has 0 spiro atoms. The van der Waals surface area contributed by atoms with Gasteiger partial charge in [-0.2, -0.15) is 0 Å². The van der Waals surface area contributed by atoms with Crippen molar-refractivity contribution in [2.75, 3.05) is 37.4 Å². The van der Waals surface area contributed by atoms with Crippen LogP contribution in [-0.2, 0) is 14.8 Å². The lowest BCUT2D eigenvalue weighted by molar-refractivity contribution is -0.120. The molecule has 0 atom stereocenters. The smallest absolute Gasteiger partial charge is 0.261 e. The van der Waals surface area contributed by atoms with Crippen LogP contribution in [0, 0.1) is 0 Å². The number of ether oxygens (including phenoxy) is 1. The van der Waals surface area contributed by atoms with Crippen LogP contribution in [0.1, 0.15) is 36.0 Å². The number of piperidine rings is 1. The van der Waals surface area contributed by atoms with Gasteiger partial charge in [0.1, 0.15) is 11.5 Å². The van der Waals surface area contributed by atoms with E-state index in [4.69, 9.17) is 4.74 Å². The third kappa shape index (κ3) is 8.83. The molecule has 3 aromatic rings. The molecule has 0 aromatic heterocycles. The van der Waals surface area contributed by atoms with Crippen molar-refractivity contribution < 1.29 is 22.7 Å². The molecule has 3 aromatic carbocycles. The maximum atomic E-state index is 12.8. The predicted octanol–water partition coefficient (Wildman–Crippen LogP) is 4.00. The van der Waals surface area contributed by atoms with Crippen LogP contribution in [0.3, 0.4) is 0 Å². The van der Waals surface area contributed by atoms with Crippen molar-refractivity contribution in [2.24, 2.45) is 0 Å². The average molecular weight is 551 g/mol. The number of sulfonamides is 1. The number of rotatable bonds is 12. The Morgan fingerprint density at radius 2 is 1.46 bits per heavy atom. The third-order valence-corrected chi connectivity index (χ3v) is 7.74. The van der Waals surface area contributed by atoms with Crippen LogP contribution in [-0.4, -0.2) is 57.9 Å². The second-order valence-electron chi connectivity index (χ2n) is 9.36. The molecular formula is C29H34N4O5S. The van der Waals surface area contributed by atoms with Gasteiger partial charge in [0.05, 0.1) is 11.4 Å². The molecule has 0 bridgehead atoms. The Morgan fingerprint density at radius 3 is 2.15 bits per heavy atom. The van der Waals surface area contributed by atoms with Gasteiger partial charge in [0.15, 0.2) is 0 Å². The number of amides is 2. The Kier molecular flexibility index (Phi) is 9.93. The first-order valence-electron chi connectivity index (χ1n) is 13.1. The molecule has 206 valence electrons. The number of nitrogens with one attached hydrogen (secondary N) is 3. The highest BCUT2D eigenvalue weighted by Crippen LogP contribution is 2.24. The zero-order chi connectivity index (χ0) is 27.5. The Bertz CT molecular complexity index is 1320. The summed E-state index contributed by atoms with van der Waals surface area (Å²) in [5.74, 6) is 0.541. The van der Waals surface area contributed by atoms with Crippen molar-refractivity contribution in [3.05, 3.63) is 84.4 Å². The van der Waals surface area contributed by atoms with Crippen molar-refractivity contribution >= 4 is 27.5 Å². The fourth-order valence-corrected chi connectivity index (χ4v) is 5.31. The lowest BCUT2D eigenvalue weighted by Crippen LogP contribution is -2.38. The van der Waals surface area contributed by atoms with E-state index in [9.17, 15) is 18.0 Å². The number of para-hydroxylation sites is 1. The molecular weight excluding hydrogens is 516 g/mol. The Labute approximate surface area is 229 Å². The molecule has 0 aliphatic carbocycles. The average Bonchev–Trinajstić information content (AvgIpc) is 2.96. The first-order chi connectivity index (χ1) is 18.9. The van der Waals surface area contributed by atoms with Gasteiger partial charge in [0, 0.05) is 17.8 Å². The van der Waals surface area contributed by atoms with E-state index >= 15 is 0 Å². The highest BCUT2D eigenvalue weighted by molar-refractivity contribution is 7.92. The lowest BCUT2D eigenvalue weighted by atomic mass is 10.1. The molecule has 1 heterocycles. The van der Waals surface area contributed by atoms with E-state index in [1.165, 1.54) is 43.5 Å². The highest BCUT2D eigenvalue weighted by atomic mass is 32.2. The molecule has 0 saturated carbocycles. The highest BCUT2D eigenvalue weighted by Gasteiger charge is 2.16. The number of likely N-dealkylation sites (tertiary alicyclic amines) is 1. The molecule has 0 unspecified atom stereocenters. The predicted molar refractivity (Wildman–Crippen MR) is 150 cm³/mol.